The topological polar surface area (TPSA) is 47.3 Å². The third-order valence-electron chi connectivity index (χ3n) is 3.58. The van der Waals surface area contributed by atoms with Crippen molar-refractivity contribution in [2.75, 3.05) is 0 Å². The number of nitrogens with zero attached hydrogens (tertiary/aromatic N) is 2. The molecular weight excluding hydrogens is 240 g/mol. The van der Waals surface area contributed by atoms with Crippen LogP contribution in [0.1, 0.15) is 35.8 Å². The number of ether oxygens (including phenoxy) is 1. The summed E-state index contributed by atoms with van der Waals surface area (Å²) in [6, 6.07) is 7.86. The van der Waals surface area contributed by atoms with Crippen LogP contribution in [-0.4, -0.2) is 14.9 Å². The van der Waals surface area contributed by atoms with Gasteiger partial charge in [0.25, 0.3) is 0 Å². The molecule has 0 fully saturated rings. The van der Waals surface area contributed by atoms with Gasteiger partial charge in [-0.1, -0.05) is 12.1 Å². The van der Waals surface area contributed by atoms with Crippen LogP contribution in [0.4, 0.5) is 0 Å². The molecule has 0 aliphatic heterocycles. The summed E-state index contributed by atoms with van der Waals surface area (Å²) in [7, 11) is 1.89. The van der Waals surface area contributed by atoms with Gasteiger partial charge in [0, 0.05) is 13.2 Å². The SMILES string of the molecule is Cn1ccc(COc2cccc3c2CCCC3O)n1. The van der Waals surface area contributed by atoms with E-state index < -0.39 is 0 Å². The maximum absolute atomic E-state index is 10.0. The zero-order valence-corrected chi connectivity index (χ0v) is 11.0. The first-order valence-electron chi connectivity index (χ1n) is 6.65. The van der Waals surface area contributed by atoms with E-state index in [-0.39, 0.29) is 6.10 Å². The van der Waals surface area contributed by atoms with Gasteiger partial charge in [0.1, 0.15) is 12.4 Å². The van der Waals surface area contributed by atoms with Gasteiger partial charge in [-0.15, -0.1) is 0 Å². The molecular formula is C15H18N2O2. The van der Waals surface area contributed by atoms with Gasteiger partial charge in [-0.05, 0) is 42.5 Å². The largest absolute Gasteiger partial charge is 0.487 e. The summed E-state index contributed by atoms with van der Waals surface area (Å²) in [5.41, 5.74) is 3.08. The van der Waals surface area contributed by atoms with E-state index >= 15 is 0 Å². The van der Waals surface area contributed by atoms with Crippen molar-refractivity contribution < 1.29 is 9.84 Å². The lowest BCUT2D eigenvalue weighted by Gasteiger charge is -2.23. The molecule has 4 heteroatoms. The van der Waals surface area contributed by atoms with Crippen LogP contribution in [0.25, 0.3) is 0 Å². The first-order chi connectivity index (χ1) is 9.24. The van der Waals surface area contributed by atoms with Crippen molar-refractivity contribution in [2.24, 2.45) is 7.05 Å². The normalized spacial score (nSPS) is 18.1. The Bertz CT molecular complexity index is 577. The number of rotatable bonds is 3. The minimum Gasteiger partial charge on any atom is -0.487 e. The number of benzene rings is 1. The van der Waals surface area contributed by atoms with Crippen LogP contribution in [0.5, 0.6) is 5.75 Å². The molecule has 100 valence electrons. The summed E-state index contributed by atoms with van der Waals surface area (Å²) in [5, 5.41) is 14.3. The van der Waals surface area contributed by atoms with E-state index in [1.54, 1.807) is 4.68 Å². The van der Waals surface area contributed by atoms with E-state index in [9.17, 15) is 5.11 Å². The Kier molecular flexibility index (Phi) is 3.25. The molecule has 1 aliphatic rings. The summed E-state index contributed by atoms with van der Waals surface area (Å²) in [6.45, 7) is 0.466. The summed E-state index contributed by atoms with van der Waals surface area (Å²) in [5.74, 6) is 0.877. The van der Waals surface area contributed by atoms with Crippen LogP contribution in [0.3, 0.4) is 0 Å². The number of aromatic nitrogens is 2. The lowest BCUT2D eigenvalue weighted by atomic mass is 9.89. The molecule has 2 aromatic rings. The minimum absolute atomic E-state index is 0.345. The lowest BCUT2D eigenvalue weighted by molar-refractivity contribution is 0.155. The fourth-order valence-corrected chi connectivity index (χ4v) is 2.62. The monoisotopic (exact) mass is 258 g/mol. The van der Waals surface area contributed by atoms with Crippen molar-refractivity contribution in [3.8, 4) is 5.75 Å². The standard InChI is InChI=1S/C15H18N2O2/c1-17-9-8-11(16-17)10-19-15-7-3-4-12-13(15)5-2-6-14(12)18/h3-4,7-9,14,18H,2,5-6,10H2,1H3. The Morgan fingerprint density at radius 1 is 1.42 bits per heavy atom. The van der Waals surface area contributed by atoms with Gasteiger partial charge in [-0.25, -0.2) is 0 Å². The number of aliphatic hydroxyl groups excluding tert-OH is 1. The molecule has 19 heavy (non-hydrogen) atoms. The van der Waals surface area contributed by atoms with Crippen molar-refractivity contribution in [3.05, 3.63) is 47.3 Å². The number of hydrogen-bond acceptors (Lipinski definition) is 3. The second-order valence-electron chi connectivity index (χ2n) is 5.00. The van der Waals surface area contributed by atoms with E-state index in [2.05, 4.69) is 5.10 Å². The van der Waals surface area contributed by atoms with E-state index in [0.717, 1.165) is 41.8 Å². The van der Waals surface area contributed by atoms with Gasteiger partial charge in [-0.2, -0.15) is 5.10 Å². The van der Waals surface area contributed by atoms with Gasteiger partial charge in [0.15, 0.2) is 0 Å². The average molecular weight is 258 g/mol. The summed E-state index contributed by atoms with van der Waals surface area (Å²) < 4.78 is 7.63. The fourth-order valence-electron chi connectivity index (χ4n) is 2.62. The van der Waals surface area contributed by atoms with Gasteiger partial charge < -0.3 is 9.84 Å². The predicted molar refractivity (Wildman–Crippen MR) is 71.9 cm³/mol. The predicted octanol–water partition coefficient (Wildman–Crippen LogP) is 2.37. The second kappa shape index (κ2) is 5.05. The molecule has 0 spiro atoms. The zero-order chi connectivity index (χ0) is 13.2. The first kappa shape index (κ1) is 12.2. The van der Waals surface area contributed by atoms with Crippen molar-refractivity contribution in [3.63, 3.8) is 0 Å². The average Bonchev–Trinajstić information content (AvgIpc) is 2.83. The van der Waals surface area contributed by atoms with E-state index in [1.165, 1.54) is 0 Å². The maximum atomic E-state index is 10.0. The molecule has 1 N–H and O–H groups in total. The van der Waals surface area contributed by atoms with Gasteiger partial charge in [-0.3, -0.25) is 4.68 Å². The molecule has 4 nitrogen and oxygen atoms in total. The molecule has 0 saturated heterocycles. The van der Waals surface area contributed by atoms with Crippen LogP contribution in [0, 0.1) is 0 Å². The molecule has 0 saturated carbocycles. The Morgan fingerprint density at radius 3 is 3.11 bits per heavy atom. The first-order valence-corrected chi connectivity index (χ1v) is 6.65. The quantitative estimate of drug-likeness (QED) is 0.919. The highest BCUT2D eigenvalue weighted by Gasteiger charge is 2.20. The van der Waals surface area contributed by atoms with Gasteiger partial charge in [0.2, 0.25) is 0 Å². The van der Waals surface area contributed by atoms with Gasteiger partial charge in [0.05, 0.1) is 11.8 Å². The molecule has 3 rings (SSSR count). The van der Waals surface area contributed by atoms with Gasteiger partial charge >= 0.3 is 0 Å². The van der Waals surface area contributed by atoms with Crippen molar-refractivity contribution in [2.45, 2.75) is 32.0 Å². The van der Waals surface area contributed by atoms with Crippen molar-refractivity contribution in [1.29, 1.82) is 0 Å². The molecule has 1 atom stereocenters. The summed E-state index contributed by atoms with van der Waals surface area (Å²) in [4.78, 5) is 0. The molecule has 1 heterocycles. The highest BCUT2D eigenvalue weighted by molar-refractivity contribution is 5.42. The smallest absolute Gasteiger partial charge is 0.132 e. The van der Waals surface area contributed by atoms with E-state index in [0.29, 0.717) is 6.61 Å². The Balaban J connectivity index is 1.79. The third-order valence-corrected chi connectivity index (χ3v) is 3.58. The zero-order valence-electron chi connectivity index (χ0n) is 11.0. The second-order valence-corrected chi connectivity index (χ2v) is 5.00. The molecule has 1 aromatic carbocycles. The number of fused-ring (bicyclic) bond motifs is 1. The summed E-state index contributed by atoms with van der Waals surface area (Å²) in [6.07, 6.45) is 4.39. The number of aliphatic hydroxyl groups is 1. The molecule has 0 radical (unpaired) electrons. The van der Waals surface area contributed by atoms with Crippen molar-refractivity contribution in [1.82, 2.24) is 9.78 Å². The maximum Gasteiger partial charge on any atom is 0.132 e. The molecule has 1 aliphatic carbocycles. The van der Waals surface area contributed by atoms with Crippen LogP contribution >= 0.6 is 0 Å². The minimum atomic E-state index is -0.345. The number of hydrogen-bond donors (Lipinski definition) is 1. The molecule has 0 amide bonds. The fraction of sp³-hybridized carbons (Fsp3) is 0.400. The Morgan fingerprint density at radius 2 is 2.32 bits per heavy atom. The highest BCUT2D eigenvalue weighted by Crippen LogP contribution is 2.35. The van der Waals surface area contributed by atoms with Crippen LogP contribution in [0.2, 0.25) is 0 Å². The van der Waals surface area contributed by atoms with E-state index in [4.69, 9.17) is 4.74 Å². The van der Waals surface area contributed by atoms with Crippen LogP contribution in [0.15, 0.2) is 30.5 Å². The Labute approximate surface area is 112 Å². The lowest BCUT2D eigenvalue weighted by Crippen LogP contribution is -2.11. The van der Waals surface area contributed by atoms with Crippen molar-refractivity contribution >= 4 is 0 Å². The van der Waals surface area contributed by atoms with Crippen LogP contribution < -0.4 is 4.74 Å². The number of aryl methyl sites for hydroxylation is 1. The molecule has 1 aromatic heterocycles. The van der Waals surface area contributed by atoms with Crippen LogP contribution in [-0.2, 0) is 20.1 Å². The van der Waals surface area contributed by atoms with E-state index in [1.807, 2.05) is 37.5 Å². The summed E-state index contributed by atoms with van der Waals surface area (Å²) >= 11 is 0. The molecule has 0 bridgehead atoms. The highest BCUT2D eigenvalue weighted by atomic mass is 16.5. The third kappa shape index (κ3) is 2.49. The molecule has 1 unspecified atom stereocenters. The Hall–Kier alpha value is -1.81.